The lowest BCUT2D eigenvalue weighted by Gasteiger charge is -2.13. The average molecular weight is 337 g/mol. The Hall–Kier alpha value is -2.47. The molecular formula is C19H23N5O. The molecule has 2 aromatic heterocycles. The Morgan fingerprint density at radius 3 is 2.52 bits per heavy atom. The minimum atomic E-state index is 0.327. The summed E-state index contributed by atoms with van der Waals surface area (Å²) in [6, 6.07) is 11.0. The number of methoxy groups -OCH3 is 1. The first-order valence-corrected chi connectivity index (χ1v) is 8.73. The molecule has 0 saturated heterocycles. The molecule has 4 rings (SSSR count). The minimum Gasteiger partial charge on any atom is -0.384 e. The van der Waals surface area contributed by atoms with E-state index in [4.69, 9.17) is 14.8 Å². The van der Waals surface area contributed by atoms with Gasteiger partial charge in [0.1, 0.15) is 12.4 Å². The standard InChI is InChI=1S/C19H23N5O/c1-14-7-9-23(21-14)13-19-20-18(8-10-25-2)22-24(19)17-11-15-5-3-4-6-16(15)12-17/h3-7,9,17H,8,10-13H2,1-2H3. The number of ether oxygens (including phenoxy) is 1. The maximum Gasteiger partial charge on any atom is 0.153 e. The second-order valence-electron chi connectivity index (χ2n) is 6.62. The zero-order valence-electron chi connectivity index (χ0n) is 14.7. The van der Waals surface area contributed by atoms with Gasteiger partial charge in [0.15, 0.2) is 5.82 Å². The van der Waals surface area contributed by atoms with Crippen molar-refractivity contribution in [2.24, 2.45) is 0 Å². The third kappa shape index (κ3) is 3.35. The van der Waals surface area contributed by atoms with Gasteiger partial charge in [0.2, 0.25) is 0 Å². The number of hydrogen-bond acceptors (Lipinski definition) is 4. The van der Waals surface area contributed by atoms with E-state index in [0.717, 1.165) is 36.6 Å². The maximum atomic E-state index is 5.19. The highest BCUT2D eigenvalue weighted by atomic mass is 16.5. The van der Waals surface area contributed by atoms with Crippen LogP contribution in [0.2, 0.25) is 0 Å². The van der Waals surface area contributed by atoms with Crippen molar-refractivity contribution in [1.29, 1.82) is 0 Å². The highest BCUT2D eigenvalue weighted by Crippen LogP contribution is 2.30. The van der Waals surface area contributed by atoms with Gasteiger partial charge in [-0.05, 0) is 37.0 Å². The van der Waals surface area contributed by atoms with Crippen molar-refractivity contribution < 1.29 is 4.74 Å². The maximum absolute atomic E-state index is 5.19. The minimum absolute atomic E-state index is 0.327. The first-order valence-electron chi connectivity index (χ1n) is 8.73. The van der Waals surface area contributed by atoms with Crippen molar-refractivity contribution in [2.45, 2.75) is 38.8 Å². The van der Waals surface area contributed by atoms with Crippen LogP contribution >= 0.6 is 0 Å². The Labute approximate surface area is 147 Å². The van der Waals surface area contributed by atoms with E-state index in [1.54, 1.807) is 7.11 Å². The molecule has 0 aliphatic heterocycles. The van der Waals surface area contributed by atoms with Crippen molar-refractivity contribution >= 4 is 0 Å². The highest BCUT2D eigenvalue weighted by molar-refractivity contribution is 5.32. The van der Waals surface area contributed by atoms with Crippen LogP contribution in [0.4, 0.5) is 0 Å². The molecule has 0 radical (unpaired) electrons. The zero-order chi connectivity index (χ0) is 17.2. The number of benzene rings is 1. The lowest BCUT2D eigenvalue weighted by Crippen LogP contribution is -2.17. The fourth-order valence-electron chi connectivity index (χ4n) is 3.51. The molecule has 0 saturated carbocycles. The molecule has 0 amide bonds. The Morgan fingerprint density at radius 2 is 1.88 bits per heavy atom. The van der Waals surface area contributed by atoms with Crippen LogP contribution in [0.25, 0.3) is 0 Å². The Balaban J connectivity index is 1.62. The summed E-state index contributed by atoms with van der Waals surface area (Å²) in [6.07, 6.45) is 4.74. The summed E-state index contributed by atoms with van der Waals surface area (Å²) in [5, 5.41) is 9.30. The van der Waals surface area contributed by atoms with Crippen LogP contribution in [0.5, 0.6) is 0 Å². The smallest absolute Gasteiger partial charge is 0.153 e. The van der Waals surface area contributed by atoms with Gasteiger partial charge in [-0.2, -0.15) is 10.2 Å². The third-order valence-electron chi connectivity index (χ3n) is 4.73. The number of hydrogen-bond donors (Lipinski definition) is 0. The molecule has 25 heavy (non-hydrogen) atoms. The first-order chi connectivity index (χ1) is 12.2. The third-order valence-corrected chi connectivity index (χ3v) is 4.73. The molecular weight excluding hydrogens is 314 g/mol. The van der Waals surface area contributed by atoms with Crippen molar-refractivity contribution in [3.63, 3.8) is 0 Å². The first kappa shape index (κ1) is 16.0. The highest BCUT2D eigenvalue weighted by Gasteiger charge is 2.26. The number of aromatic nitrogens is 5. The molecule has 3 aromatic rings. The molecule has 0 unspecified atom stereocenters. The molecule has 0 spiro atoms. The van der Waals surface area contributed by atoms with Crippen LogP contribution in [0.1, 0.15) is 34.5 Å². The summed E-state index contributed by atoms with van der Waals surface area (Å²) in [5.74, 6) is 1.81. The van der Waals surface area contributed by atoms with Gasteiger partial charge in [0.05, 0.1) is 18.3 Å². The molecule has 1 aliphatic rings. The molecule has 0 fully saturated rings. The van der Waals surface area contributed by atoms with Gasteiger partial charge in [0.25, 0.3) is 0 Å². The molecule has 2 heterocycles. The molecule has 1 aromatic carbocycles. The predicted molar refractivity (Wildman–Crippen MR) is 94.6 cm³/mol. The second-order valence-corrected chi connectivity index (χ2v) is 6.62. The Bertz CT molecular complexity index is 841. The van der Waals surface area contributed by atoms with Gasteiger partial charge in [-0.1, -0.05) is 24.3 Å². The topological polar surface area (TPSA) is 57.8 Å². The Morgan fingerprint density at radius 1 is 1.12 bits per heavy atom. The summed E-state index contributed by atoms with van der Waals surface area (Å²) in [7, 11) is 1.71. The zero-order valence-corrected chi connectivity index (χ0v) is 14.7. The van der Waals surface area contributed by atoms with E-state index in [0.29, 0.717) is 19.2 Å². The van der Waals surface area contributed by atoms with Gasteiger partial charge in [0, 0.05) is 19.7 Å². The van der Waals surface area contributed by atoms with Gasteiger partial charge in [-0.15, -0.1) is 0 Å². The summed E-state index contributed by atoms with van der Waals surface area (Å²) < 4.78 is 9.23. The van der Waals surface area contributed by atoms with E-state index in [1.807, 2.05) is 23.9 Å². The summed E-state index contributed by atoms with van der Waals surface area (Å²) in [6.45, 7) is 3.27. The molecule has 1 aliphatic carbocycles. The van der Waals surface area contributed by atoms with Crippen LogP contribution < -0.4 is 0 Å². The van der Waals surface area contributed by atoms with E-state index in [1.165, 1.54) is 11.1 Å². The fraction of sp³-hybridized carbons (Fsp3) is 0.421. The second kappa shape index (κ2) is 6.80. The van der Waals surface area contributed by atoms with Gasteiger partial charge < -0.3 is 4.74 Å². The predicted octanol–water partition coefficient (Wildman–Crippen LogP) is 2.36. The van der Waals surface area contributed by atoms with E-state index >= 15 is 0 Å². The largest absolute Gasteiger partial charge is 0.384 e. The van der Waals surface area contributed by atoms with Gasteiger partial charge in [-0.25, -0.2) is 9.67 Å². The van der Waals surface area contributed by atoms with E-state index < -0.39 is 0 Å². The average Bonchev–Trinajstić information content (AvgIpc) is 3.31. The van der Waals surface area contributed by atoms with Crippen molar-refractivity contribution in [3.8, 4) is 0 Å². The number of aryl methyl sites for hydroxylation is 1. The van der Waals surface area contributed by atoms with Crippen LogP contribution in [0.15, 0.2) is 36.5 Å². The van der Waals surface area contributed by atoms with E-state index in [9.17, 15) is 0 Å². The summed E-state index contributed by atoms with van der Waals surface area (Å²) in [4.78, 5) is 4.77. The summed E-state index contributed by atoms with van der Waals surface area (Å²) >= 11 is 0. The van der Waals surface area contributed by atoms with Crippen LogP contribution in [0.3, 0.4) is 0 Å². The van der Waals surface area contributed by atoms with Crippen molar-refractivity contribution in [2.75, 3.05) is 13.7 Å². The number of fused-ring (bicyclic) bond motifs is 1. The molecule has 130 valence electrons. The number of rotatable bonds is 6. The Kier molecular flexibility index (Phi) is 4.36. The van der Waals surface area contributed by atoms with Crippen LogP contribution in [0, 0.1) is 6.92 Å². The van der Waals surface area contributed by atoms with Crippen LogP contribution in [-0.4, -0.2) is 38.3 Å². The molecule has 0 N–H and O–H groups in total. The van der Waals surface area contributed by atoms with Gasteiger partial charge >= 0.3 is 0 Å². The normalized spacial score (nSPS) is 14.2. The number of nitrogens with zero attached hydrogens (tertiary/aromatic N) is 5. The van der Waals surface area contributed by atoms with Gasteiger partial charge in [-0.3, -0.25) is 4.68 Å². The molecule has 6 nitrogen and oxygen atoms in total. The molecule has 0 bridgehead atoms. The lowest BCUT2D eigenvalue weighted by atomic mass is 10.1. The van der Waals surface area contributed by atoms with Crippen molar-refractivity contribution in [3.05, 3.63) is 65.0 Å². The van der Waals surface area contributed by atoms with E-state index in [-0.39, 0.29) is 0 Å². The molecule has 0 atom stereocenters. The summed E-state index contributed by atoms with van der Waals surface area (Å²) in [5.41, 5.74) is 3.85. The lowest BCUT2D eigenvalue weighted by molar-refractivity contribution is 0.200. The van der Waals surface area contributed by atoms with Crippen molar-refractivity contribution in [1.82, 2.24) is 24.5 Å². The quantitative estimate of drug-likeness (QED) is 0.693. The van der Waals surface area contributed by atoms with E-state index in [2.05, 4.69) is 34.0 Å². The van der Waals surface area contributed by atoms with Crippen LogP contribution in [-0.2, 0) is 30.5 Å². The molecule has 6 heteroatoms. The SMILES string of the molecule is COCCc1nc(Cn2ccc(C)n2)n(C2Cc3ccccc3C2)n1. The monoisotopic (exact) mass is 337 g/mol. The fourth-order valence-corrected chi connectivity index (χ4v) is 3.51.